The van der Waals surface area contributed by atoms with E-state index < -0.39 is 0 Å². The number of rotatable bonds is 4. The zero-order chi connectivity index (χ0) is 12.3. The van der Waals surface area contributed by atoms with Crippen molar-refractivity contribution in [3.8, 4) is 0 Å². The first-order valence-corrected chi connectivity index (χ1v) is 5.73. The van der Waals surface area contributed by atoms with Gasteiger partial charge in [0.1, 0.15) is 5.82 Å². The Kier molecular flexibility index (Phi) is 3.32. The van der Waals surface area contributed by atoms with Crippen LogP contribution in [0.25, 0.3) is 0 Å². The van der Waals surface area contributed by atoms with E-state index in [1.54, 1.807) is 0 Å². The van der Waals surface area contributed by atoms with Crippen LogP contribution in [-0.2, 0) is 6.42 Å². The monoisotopic (exact) mass is 230 g/mol. The molecule has 3 N–H and O–H groups in total. The van der Waals surface area contributed by atoms with Crippen LogP contribution in [0.15, 0.2) is 30.6 Å². The second-order valence-corrected chi connectivity index (χ2v) is 4.23. The first-order valence-electron chi connectivity index (χ1n) is 5.73. The first-order chi connectivity index (χ1) is 8.16. The third-order valence-corrected chi connectivity index (χ3v) is 2.90. The molecule has 0 saturated heterocycles. The average molecular weight is 230 g/mol. The highest BCUT2D eigenvalue weighted by Crippen LogP contribution is 2.15. The quantitative estimate of drug-likeness (QED) is 0.844. The molecule has 17 heavy (non-hydrogen) atoms. The van der Waals surface area contributed by atoms with Gasteiger partial charge in [0.2, 0.25) is 0 Å². The molecule has 0 aliphatic rings. The number of aromatic nitrogens is 2. The highest BCUT2D eigenvalue weighted by atomic mass is 15.2. The molecule has 0 radical (unpaired) electrons. The molecule has 0 aliphatic heterocycles. The van der Waals surface area contributed by atoms with Crippen molar-refractivity contribution in [2.75, 3.05) is 24.2 Å². The second-order valence-electron chi connectivity index (χ2n) is 4.23. The van der Waals surface area contributed by atoms with Gasteiger partial charge in [0.05, 0.1) is 11.4 Å². The lowest BCUT2D eigenvalue weighted by atomic mass is 10.2. The van der Waals surface area contributed by atoms with E-state index in [-0.39, 0.29) is 0 Å². The lowest BCUT2D eigenvalue weighted by Crippen LogP contribution is -2.21. The van der Waals surface area contributed by atoms with Crippen molar-refractivity contribution < 1.29 is 0 Å². The standard InChI is InChI=1S/C13H18N4/c1-10-12(14)3-4-13(16-10)17(2)8-6-11-5-7-15-9-11/h3-5,7,9,15H,6,8,14H2,1-2H3. The third-order valence-electron chi connectivity index (χ3n) is 2.90. The van der Waals surface area contributed by atoms with Crippen LogP contribution in [0, 0.1) is 6.92 Å². The van der Waals surface area contributed by atoms with Gasteiger partial charge in [-0.3, -0.25) is 0 Å². The van der Waals surface area contributed by atoms with Crippen LogP contribution in [0.3, 0.4) is 0 Å². The predicted molar refractivity (Wildman–Crippen MR) is 71.2 cm³/mol. The molecule has 2 rings (SSSR count). The topological polar surface area (TPSA) is 57.9 Å². The summed E-state index contributed by atoms with van der Waals surface area (Å²) in [7, 11) is 2.05. The molecule has 4 nitrogen and oxygen atoms in total. The summed E-state index contributed by atoms with van der Waals surface area (Å²) in [6.07, 6.45) is 4.97. The number of nitrogens with zero attached hydrogens (tertiary/aromatic N) is 2. The Hall–Kier alpha value is -1.97. The maximum atomic E-state index is 5.75. The number of likely N-dealkylation sites (N-methyl/N-ethyl adjacent to an activating group) is 1. The molecule has 4 heteroatoms. The van der Waals surface area contributed by atoms with E-state index in [1.165, 1.54) is 5.56 Å². The molecule has 0 atom stereocenters. The van der Waals surface area contributed by atoms with Crippen molar-refractivity contribution in [3.63, 3.8) is 0 Å². The maximum Gasteiger partial charge on any atom is 0.128 e. The third kappa shape index (κ3) is 2.78. The molecule has 2 heterocycles. The maximum absolute atomic E-state index is 5.75. The number of nitrogens with two attached hydrogens (primary N) is 1. The minimum atomic E-state index is 0.743. The van der Waals surface area contributed by atoms with Gasteiger partial charge >= 0.3 is 0 Å². The van der Waals surface area contributed by atoms with Gasteiger partial charge < -0.3 is 15.6 Å². The number of hydrogen-bond acceptors (Lipinski definition) is 3. The molecule has 2 aromatic heterocycles. The first kappa shape index (κ1) is 11.5. The summed E-state index contributed by atoms with van der Waals surface area (Å²) in [6, 6.07) is 5.96. The Balaban J connectivity index is 1.99. The number of pyridine rings is 1. The normalized spacial score (nSPS) is 10.5. The van der Waals surface area contributed by atoms with Crippen LogP contribution in [0.1, 0.15) is 11.3 Å². The fourth-order valence-corrected chi connectivity index (χ4v) is 1.70. The summed E-state index contributed by atoms with van der Waals surface area (Å²) in [4.78, 5) is 9.66. The SMILES string of the molecule is Cc1nc(N(C)CCc2cc[nH]c2)ccc1N. The van der Waals surface area contributed by atoms with Gasteiger partial charge in [0.15, 0.2) is 0 Å². The van der Waals surface area contributed by atoms with Crippen molar-refractivity contribution in [2.45, 2.75) is 13.3 Å². The van der Waals surface area contributed by atoms with Crippen molar-refractivity contribution in [1.82, 2.24) is 9.97 Å². The van der Waals surface area contributed by atoms with Gasteiger partial charge in [-0.15, -0.1) is 0 Å². The number of anilines is 2. The summed E-state index contributed by atoms with van der Waals surface area (Å²) in [5, 5.41) is 0. The Morgan fingerprint density at radius 1 is 1.35 bits per heavy atom. The molecule has 0 aromatic carbocycles. The van der Waals surface area contributed by atoms with Crippen LogP contribution in [0.2, 0.25) is 0 Å². The van der Waals surface area contributed by atoms with E-state index in [0.29, 0.717) is 0 Å². The Bertz CT molecular complexity index is 476. The van der Waals surface area contributed by atoms with E-state index in [0.717, 1.165) is 30.2 Å². The average Bonchev–Trinajstić information content (AvgIpc) is 2.82. The molecule has 0 aliphatic carbocycles. The molecule has 2 aromatic rings. The smallest absolute Gasteiger partial charge is 0.128 e. The Morgan fingerprint density at radius 2 is 2.18 bits per heavy atom. The van der Waals surface area contributed by atoms with Crippen LogP contribution < -0.4 is 10.6 Å². The highest BCUT2D eigenvalue weighted by Gasteiger charge is 2.04. The summed E-state index contributed by atoms with van der Waals surface area (Å²) in [5.74, 6) is 0.965. The fraction of sp³-hybridized carbons (Fsp3) is 0.308. The molecule has 0 unspecified atom stereocenters. The number of hydrogen-bond donors (Lipinski definition) is 2. The molecule has 90 valence electrons. The van der Waals surface area contributed by atoms with E-state index in [9.17, 15) is 0 Å². The van der Waals surface area contributed by atoms with Crippen LogP contribution in [-0.4, -0.2) is 23.6 Å². The summed E-state index contributed by atoms with van der Waals surface area (Å²) in [5.41, 5.74) is 8.69. The van der Waals surface area contributed by atoms with E-state index in [4.69, 9.17) is 5.73 Å². The summed E-state index contributed by atoms with van der Waals surface area (Å²) >= 11 is 0. The van der Waals surface area contributed by atoms with Gasteiger partial charge in [-0.25, -0.2) is 4.98 Å². The van der Waals surface area contributed by atoms with E-state index in [2.05, 4.69) is 20.9 Å². The van der Waals surface area contributed by atoms with Crippen molar-refractivity contribution in [1.29, 1.82) is 0 Å². The van der Waals surface area contributed by atoms with Crippen molar-refractivity contribution in [2.24, 2.45) is 0 Å². The predicted octanol–water partition coefficient (Wildman–Crippen LogP) is 1.98. The van der Waals surface area contributed by atoms with Gasteiger partial charge in [-0.1, -0.05) is 0 Å². The van der Waals surface area contributed by atoms with Crippen LogP contribution in [0.4, 0.5) is 11.5 Å². The molecular formula is C13H18N4. The molecular weight excluding hydrogens is 212 g/mol. The van der Waals surface area contributed by atoms with Crippen molar-refractivity contribution in [3.05, 3.63) is 41.9 Å². The Morgan fingerprint density at radius 3 is 2.82 bits per heavy atom. The number of nitrogen functional groups attached to an aromatic ring is 1. The molecule has 0 bridgehead atoms. The summed E-state index contributed by atoms with van der Waals surface area (Å²) < 4.78 is 0. The highest BCUT2D eigenvalue weighted by molar-refractivity contribution is 5.50. The van der Waals surface area contributed by atoms with Gasteiger partial charge in [0, 0.05) is 26.0 Å². The number of aromatic amines is 1. The fourth-order valence-electron chi connectivity index (χ4n) is 1.70. The largest absolute Gasteiger partial charge is 0.397 e. The summed E-state index contributed by atoms with van der Waals surface area (Å²) in [6.45, 7) is 2.87. The molecule has 0 fully saturated rings. The van der Waals surface area contributed by atoms with Crippen LogP contribution in [0.5, 0.6) is 0 Å². The van der Waals surface area contributed by atoms with Gasteiger partial charge in [-0.2, -0.15) is 0 Å². The minimum absolute atomic E-state index is 0.743. The minimum Gasteiger partial charge on any atom is -0.397 e. The molecule has 0 spiro atoms. The number of aryl methyl sites for hydroxylation is 1. The lowest BCUT2D eigenvalue weighted by molar-refractivity contribution is 0.857. The molecule has 0 amide bonds. The second kappa shape index (κ2) is 4.91. The van der Waals surface area contributed by atoms with Gasteiger partial charge in [-0.05, 0) is 37.1 Å². The van der Waals surface area contributed by atoms with E-state index >= 15 is 0 Å². The zero-order valence-electron chi connectivity index (χ0n) is 10.3. The van der Waals surface area contributed by atoms with Crippen molar-refractivity contribution >= 4 is 11.5 Å². The molecule has 0 saturated carbocycles. The van der Waals surface area contributed by atoms with Crippen LogP contribution >= 0.6 is 0 Å². The number of H-pyrrole nitrogens is 1. The zero-order valence-corrected chi connectivity index (χ0v) is 10.3. The lowest BCUT2D eigenvalue weighted by Gasteiger charge is -2.18. The number of nitrogens with one attached hydrogen (secondary N) is 1. The van der Waals surface area contributed by atoms with E-state index in [1.807, 2.05) is 38.5 Å². The Labute approximate surface area is 101 Å². The van der Waals surface area contributed by atoms with Gasteiger partial charge in [0.25, 0.3) is 0 Å².